The Balaban J connectivity index is 1.66. The van der Waals surface area contributed by atoms with Gasteiger partial charge in [0.15, 0.2) is 0 Å². The van der Waals surface area contributed by atoms with Gasteiger partial charge in [-0.15, -0.1) is 5.75 Å². The number of aromatic amines is 1. The van der Waals surface area contributed by atoms with Gasteiger partial charge in [0.2, 0.25) is 0 Å². The van der Waals surface area contributed by atoms with Gasteiger partial charge in [-0.25, -0.2) is 9.55 Å². The van der Waals surface area contributed by atoms with Crippen LogP contribution in [0.4, 0.5) is 5.95 Å². The molecule has 5 heteroatoms. The van der Waals surface area contributed by atoms with E-state index in [1.165, 1.54) is 44.0 Å². The molecular formula is C23H30BrN3O. The Morgan fingerprint density at radius 2 is 1.75 bits per heavy atom. The number of hydrogen-bond acceptors (Lipinski definition) is 2. The van der Waals surface area contributed by atoms with Crippen LogP contribution in [0.15, 0.2) is 46.9 Å². The van der Waals surface area contributed by atoms with Crippen LogP contribution in [0.2, 0.25) is 0 Å². The van der Waals surface area contributed by atoms with Crippen LogP contribution in [-0.2, 0) is 13.1 Å². The minimum atomic E-state index is 0.0606. The molecule has 1 aromatic heterocycles. The van der Waals surface area contributed by atoms with Crippen molar-refractivity contribution in [2.75, 3.05) is 5.32 Å². The fraction of sp³-hybridized carbons (Fsp3) is 0.435. The smallest absolute Gasteiger partial charge is 0.356 e. The molecule has 0 unspecified atom stereocenters. The van der Waals surface area contributed by atoms with Crippen LogP contribution in [0.25, 0.3) is 11.0 Å². The highest BCUT2D eigenvalue weighted by molar-refractivity contribution is 9.10. The first-order valence-electron chi connectivity index (χ1n) is 10.4. The molecule has 0 saturated heterocycles. The van der Waals surface area contributed by atoms with E-state index in [-0.39, 0.29) is 5.75 Å². The lowest BCUT2D eigenvalue weighted by molar-refractivity contribution is -0.657. The number of H-pyrrole nitrogens is 1. The van der Waals surface area contributed by atoms with Crippen molar-refractivity contribution in [1.29, 1.82) is 0 Å². The quantitative estimate of drug-likeness (QED) is 0.297. The van der Waals surface area contributed by atoms with Crippen molar-refractivity contribution < 1.29 is 9.67 Å². The highest BCUT2D eigenvalue weighted by Crippen LogP contribution is 2.21. The number of nitrogens with zero attached hydrogens (tertiary/aromatic N) is 1. The van der Waals surface area contributed by atoms with Gasteiger partial charge in [-0.3, -0.25) is 5.32 Å². The molecule has 2 N–H and O–H groups in total. The SMILES string of the molecule is CCCCCCCCC[n+]1c(NCc2cc(Br)ccc2[O-])[nH]c2ccccc21. The van der Waals surface area contributed by atoms with Crippen molar-refractivity contribution >= 4 is 32.9 Å². The van der Waals surface area contributed by atoms with Crippen molar-refractivity contribution in [3.8, 4) is 5.75 Å². The minimum Gasteiger partial charge on any atom is -0.872 e. The standard InChI is InChI=1S/C23H30BrN3O/c1-2-3-4-5-6-7-10-15-27-21-12-9-8-11-20(21)26-23(27)25-17-18-16-19(24)13-14-22(18)28/h8-9,11-14,16H,2-7,10,15,17H2,1H3,(H2,25,26,28). The number of imidazole rings is 1. The van der Waals surface area contributed by atoms with Gasteiger partial charge < -0.3 is 5.11 Å². The summed E-state index contributed by atoms with van der Waals surface area (Å²) >= 11 is 3.45. The van der Waals surface area contributed by atoms with E-state index in [4.69, 9.17) is 0 Å². The number of rotatable bonds is 11. The lowest BCUT2D eigenvalue weighted by Gasteiger charge is -2.12. The number of aromatic nitrogens is 2. The molecule has 0 radical (unpaired) electrons. The molecule has 1 heterocycles. The maximum absolute atomic E-state index is 12.1. The summed E-state index contributed by atoms with van der Waals surface area (Å²) in [4.78, 5) is 3.48. The first kappa shape index (κ1) is 20.7. The first-order valence-corrected chi connectivity index (χ1v) is 11.2. The number of halogens is 1. The number of unbranched alkanes of at least 4 members (excludes halogenated alkanes) is 6. The van der Waals surface area contributed by atoms with Crippen LogP contribution in [0, 0.1) is 0 Å². The Hall–Kier alpha value is -2.01. The summed E-state index contributed by atoms with van der Waals surface area (Å²) in [5.41, 5.74) is 3.08. The molecule has 0 amide bonds. The molecule has 0 aliphatic carbocycles. The van der Waals surface area contributed by atoms with E-state index in [1.54, 1.807) is 12.1 Å². The first-order chi connectivity index (χ1) is 13.7. The molecule has 0 saturated carbocycles. The predicted octanol–water partition coefficient (Wildman–Crippen LogP) is 5.65. The number of para-hydroxylation sites is 2. The summed E-state index contributed by atoms with van der Waals surface area (Å²) in [6, 6.07) is 13.7. The van der Waals surface area contributed by atoms with Crippen molar-refractivity contribution in [3.05, 3.63) is 52.5 Å². The summed E-state index contributed by atoms with van der Waals surface area (Å²) < 4.78 is 3.24. The van der Waals surface area contributed by atoms with E-state index < -0.39 is 0 Å². The van der Waals surface area contributed by atoms with Gasteiger partial charge in [-0.05, 0) is 36.2 Å². The van der Waals surface area contributed by atoms with Crippen LogP contribution in [-0.4, -0.2) is 4.98 Å². The fourth-order valence-electron chi connectivity index (χ4n) is 3.59. The normalized spacial score (nSPS) is 11.2. The second kappa shape index (κ2) is 10.5. The summed E-state index contributed by atoms with van der Waals surface area (Å²) in [6.45, 7) is 3.73. The molecule has 2 aromatic carbocycles. The van der Waals surface area contributed by atoms with E-state index in [0.717, 1.165) is 34.5 Å². The number of hydrogen-bond donors (Lipinski definition) is 2. The maximum atomic E-state index is 12.1. The van der Waals surface area contributed by atoms with Gasteiger partial charge in [0.1, 0.15) is 11.0 Å². The van der Waals surface area contributed by atoms with E-state index in [2.05, 4.69) is 55.9 Å². The zero-order valence-corrected chi connectivity index (χ0v) is 18.2. The molecule has 0 fully saturated rings. The van der Waals surface area contributed by atoms with Gasteiger partial charge in [0, 0.05) is 4.47 Å². The Morgan fingerprint density at radius 1 is 1.00 bits per heavy atom. The van der Waals surface area contributed by atoms with Crippen LogP contribution >= 0.6 is 15.9 Å². The number of anilines is 1. The average Bonchev–Trinajstić information content (AvgIpc) is 3.05. The van der Waals surface area contributed by atoms with Crippen molar-refractivity contribution in [2.45, 2.75) is 65.0 Å². The predicted molar refractivity (Wildman–Crippen MR) is 117 cm³/mol. The van der Waals surface area contributed by atoms with Crippen LogP contribution in [0.5, 0.6) is 5.75 Å². The minimum absolute atomic E-state index is 0.0606. The molecule has 28 heavy (non-hydrogen) atoms. The van der Waals surface area contributed by atoms with E-state index >= 15 is 0 Å². The summed E-state index contributed by atoms with van der Waals surface area (Å²) in [5, 5.41) is 15.5. The van der Waals surface area contributed by atoms with Crippen LogP contribution < -0.4 is 15.0 Å². The molecule has 3 aromatic rings. The number of benzene rings is 2. The zero-order chi connectivity index (χ0) is 19.8. The van der Waals surface area contributed by atoms with Crippen molar-refractivity contribution in [1.82, 2.24) is 4.98 Å². The lowest BCUT2D eigenvalue weighted by atomic mass is 10.1. The third-order valence-electron chi connectivity index (χ3n) is 5.17. The van der Waals surface area contributed by atoms with Crippen LogP contribution in [0.3, 0.4) is 0 Å². The largest absolute Gasteiger partial charge is 0.872 e. The van der Waals surface area contributed by atoms with Gasteiger partial charge >= 0.3 is 5.95 Å². The van der Waals surface area contributed by atoms with Gasteiger partial charge in [0.05, 0.1) is 13.1 Å². The third-order valence-corrected chi connectivity index (χ3v) is 5.67. The molecule has 0 atom stereocenters. The highest BCUT2D eigenvalue weighted by atomic mass is 79.9. The molecule has 0 bridgehead atoms. The Morgan fingerprint density at radius 3 is 2.57 bits per heavy atom. The van der Waals surface area contributed by atoms with E-state index in [9.17, 15) is 5.11 Å². The molecule has 3 rings (SSSR count). The second-order valence-electron chi connectivity index (χ2n) is 7.37. The highest BCUT2D eigenvalue weighted by Gasteiger charge is 2.16. The summed E-state index contributed by atoms with van der Waals surface area (Å²) in [5.74, 6) is 1.02. The fourth-order valence-corrected chi connectivity index (χ4v) is 4.00. The molecular weight excluding hydrogens is 414 g/mol. The monoisotopic (exact) mass is 443 g/mol. The zero-order valence-electron chi connectivity index (χ0n) is 16.6. The van der Waals surface area contributed by atoms with Crippen molar-refractivity contribution in [3.63, 3.8) is 0 Å². The number of nitrogens with one attached hydrogen (secondary N) is 2. The van der Waals surface area contributed by atoms with Crippen molar-refractivity contribution in [2.24, 2.45) is 0 Å². The Labute approximate surface area is 176 Å². The lowest BCUT2D eigenvalue weighted by Crippen LogP contribution is -2.36. The maximum Gasteiger partial charge on any atom is 0.356 e. The number of fused-ring (bicyclic) bond motifs is 1. The average molecular weight is 444 g/mol. The molecule has 4 nitrogen and oxygen atoms in total. The summed E-state index contributed by atoms with van der Waals surface area (Å²) in [7, 11) is 0. The second-order valence-corrected chi connectivity index (χ2v) is 8.28. The van der Waals surface area contributed by atoms with Gasteiger partial charge in [-0.2, -0.15) is 0 Å². The van der Waals surface area contributed by atoms with Gasteiger partial charge in [-0.1, -0.05) is 79.6 Å². The van der Waals surface area contributed by atoms with Gasteiger partial charge in [0.25, 0.3) is 0 Å². The Bertz CT molecular complexity index is 891. The molecule has 0 spiro atoms. The number of aryl methyl sites for hydroxylation is 1. The topological polar surface area (TPSA) is 54.8 Å². The molecule has 0 aliphatic heterocycles. The van der Waals surface area contributed by atoms with E-state index in [0.29, 0.717) is 6.54 Å². The molecule has 150 valence electrons. The summed E-state index contributed by atoms with van der Waals surface area (Å²) in [6.07, 6.45) is 9.07. The van der Waals surface area contributed by atoms with E-state index in [1.807, 2.05) is 12.1 Å². The Kier molecular flexibility index (Phi) is 7.78. The van der Waals surface area contributed by atoms with Crippen LogP contribution in [0.1, 0.15) is 57.4 Å². The molecule has 0 aliphatic rings. The third kappa shape index (κ3) is 5.51.